The van der Waals surface area contributed by atoms with Gasteiger partial charge in [-0.2, -0.15) is 0 Å². The summed E-state index contributed by atoms with van der Waals surface area (Å²) in [5.74, 6) is -0.0533. The second kappa shape index (κ2) is 6.68. The highest BCUT2D eigenvalue weighted by Crippen LogP contribution is 2.26. The van der Waals surface area contributed by atoms with Gasteiger partial charge in [-0.25, -0.2) is 9.59 Å². The topological polar surface area (TPSA) is 86.0 Å². The molecule has 1 aromatic heterocycles. The van der Waals surface area contributed by atoms with Crippen LogP contribution in [0, 0.1) is 0 Å². The molecule has 3 aromatic rings. The Labute approximate surface area is 143 Å². The van der Waals surface area contributed by atoms with Crippen LogP contribution >= 0.6 is 0 Å². The maximum absolute atomic E-state index is 12.3. The lowest BCUT2D eigenvalue weighted by molar-refractivity contribution is -0.144. The van der Waals surface area contributed by atoms with Gasteiger partial charge in [0.2, 0.25) is 0 Å². The van der Waals surface area contributed by atoms with Crippen molar-refractivity contribution in [3.8, 4) is 22.6 Å². The Balaban J connectivity index is 1.99. The zero-order valence-electron chi connectivity index (χ0n) is 13.7. The van der Waals surface area contributed by atoms with Gasteiger partial charge in [-0.15, -0.1) is 0 Å². The lowest BCUT2D eigenvalue weighted by atomic mass is 10.1. The van der Waals surface area contributed by atoms with Crippen molar-refractivity contribution >= 4 is 16.9 Å². The van der Waals surface area contributed by atoms with E-state index in [1.807, 2.05) is 0 Å². The molecule has 0 aliphatic heterocycles. The minimum atomic E-state index is -1.07. The van der Waals surface area contributed by atoms with Crippen LogP contribution in [0.5, 0.6) is 11.5 Å². The number of carboxylic acids is 1. The van der Waals surface area contributed by atoms with E-state index in [4.69, 9.17) is 19.0 Å². The first-order valence-electron chi connectivity index (χ1n) is 7.60. The maximum atomic E-state index is 12.3. The third kappa shape index (κ3) is 3.47. The fourth-order valence-corrected chi connectivity index (χ4v) is 2.39. The summed E-state index contributed by atoms with van der Waals surface area (Å²) in [4.78, 5) is 23.2. The molecule has 2 aromatic carbocycles. The predicted octanol–water partition coefficient (Wildman–Crippen LogP) is 3.32. The van der Waals surface area contributed by atoms with Gasteiger partial charge in [0.05, 0.1) is 12.7 Å². The van der Waals surface area contributed by atoms with Gasteiger partial charge in [0.15, 0.2) is 6.10 Å². The summed E-state index contributed by atoms with van der Waals surface area (Å²) in [6, 6.07) is 13.7. The molecular formula is C19H16O6. The molecule has 1 N–H and O–H groups in total. The van der Waals surface area contributed by atoms with Crippen molar-refractivity contribution < 1.29 is 23.8 Å². The number of hydrogen-bond donors (Lipinski definition) is 1. The molecule has 128 valence electrons. The molecule has 0 saturated carbocycles. The summed E-state index contributed by atoms with van der Waals surface area (Å²) >= 11 is 0. The van der Waals surface area contributed by atoms with Gasteiger partial charge in [0, 0.05) is 11.5 Å². The fourth-order valence-electron chi connectivity index (χ4n) is 2.39. The fraction of sp³-hybridized carbons (Fsp3) is 0.158. The summed E-state index contributed by atoms with van der Waals surface area (Å²) in [7, 11) is 1.57. The van der Waals surface area contributed by atoms with E-state index < -0.39 is 17.7 Å². The first-order valence-corrected chi connectivity index (χ1v) is 7.60. The molecule has 0 amide bonds. The lowest BCUT2D eigenvalue weighted by Crippen LogP contribution is -2.22. The molecule has 3 rings (SSSR count). The van der Waals surface area contributed by atoms with Crippen LogP contribution in [0.4, 0.5) is 0 Å². The zero-order valence-corrected chi connectivity index (χ0v) is 13.7. The van der Waals surface area contributed by atoms with Crippen LogP contribution in [-0.4, -0.2) is 24.3 Å². The van der Waals surface area contributed by atoms with Crippen LogP contribution in [0.15, 0.2) is 57.7 Å². The molecule has 6 heteroatoms. The van der Waals surface area contributed by atoms with Crippen molar-refractivity contribution in [2.75, 3.05) is 7.11 Å². The van der Waals surface area contributed by atoms with Crippen molar-refractivity contribution in [2.45, 2.75) is 13.0 Å². The molecule has 1 heterocycles. The van der Waals surface area contributed by atoms with Crippen LogP contribution < -0.4 is 15.1 Å². The molecule has 0 aliphatic rings. The number of methoxy groups -OCH3 is 1. The molecule has 0 fully saturated rings. The molecule has 1 atom stereocenters. The van der Waals surface area contributed by atoms with Crippen LogP contribution in [0.1, 0.15) is 6.92 Å². The van der Waals surface area contributed by atoms with Gasteiger partial charge in [-0.3, -0.25) is 0 Å². The van der Waals surface area contributed by atoms with E-state index in [2.05, 4.69) is 0 Å². The minimum Gasteiger partial charge on any atom is -0.497 e. The van der Waals surface area contributed by atoms with E-state index in [0.29, 0.717) is 28.0 Å². The van der Waals surface area contributed by atoms with Crippen molar-refractivity contribution in [3.05, 3.63) is 59.0 Å². The van der Waals surface area contributed by atoms with Crippen LogP contribution in [0.3, 0.4) is 0 Å². The number of ether oxygens (including phenoxy) is 2. The van der Waals surface area contributed by atoms with Crippen molar-refractivity contribution in [1.29, 1.82) is 0 Å². The van der Waals surface area contributed by atoms with E-state index >= 15 is 0 Å². The van der Waals surface area contributed by atoms with Gasteiger partial charge in [0.1, 0.15) is 17.1 Å². The third-order valence-corrected chi connectivity index (χ3v) is 3.77. The van der Waals surface area contributed by atoms with Crippen molar-refractivity contribution in [1.82, 2.24) is 0 Å². The highest BCUT2D eigenvalue weighted by Gasteiger charge is 2.14. The van der Waals surface area contributed by atoms with E-state index in [9.17, 15) is 9.59 Å². The molecule has 0 radical (unpaired) electrons. The molecule has 0 unspecified atom stereocenters. The Hall–Kier alpha value is -3.28. The number of fused-ring (bicyclic) bond motifs is 1. The summed E-state index contributed by atoms with van der Waals surface area (Å²) in [6.07, 6.45) is -0.997. The van der Waals surface area contributed by atoms with E-state index in [1.165, 1.54) is 13.0 Å². The van der Waals surface area contributed by atoms with Gasteiger partial charge in [0.25, 0.3) is 0 Å². The quantitative estimate of drug-likeness (QED) is 0.717. The first-order chi connectivity index (χ1) is 12.0. The van der Waals surface area contributed by atoms with Gasteiger partial charge in [-0.1, -0.05) is 12.1 Å². The predicted molar refractivity (Wildman–Crippen MR) is 92.2 cm³/mol. The largest absolute Gasteiger partial charge is 0.497 e. The third-order valence-electron chi connectivity index (χ3n) is 3.77. The van der Waals surface area contributed by atoms with E-state index in [0.717, 1.165) is 5.56 Å². The van der Waals surface area contributed by atoms with E-state index in [1.54, 1.807) is 49.6 Å². The van der Waals surface area contributed by atoms with Crippen LogP contribution in [0.25, 0.3) is 22.1 Å². The Kier molecular flexibility index (Phi) is 4.43. The minimum absolute atomic E-state index is 0.322. The number of carboxylic acid groups (broad SMARTS) is 1. The highest BCUT2D eigenvalue weighted by atomic mass is 16.5. The monoisotopic (exact) mass is 340 g/mol. The smallest absolute Gasteiger partial charge is 0.344 e. The average Bonchev–Trinajstić information content (AvgIpc) is 2.61. The number of rotatable bonds is 5. The Morgan fingerprint density at radius 2 is 1.76 bits per heavy atom. The molecular weight excluding hydrogens is 324 g/mol. The molecule has 0 saturated heterocycles. The van der Waals surface area contributed by atoms with E-state index in [-0.39, 0.29) is 0 Å². The maximum Gasteiger partial charge on any atom is 0.344 e. The SMILES string of the molecule is COc1ccc(-c2cc3ccc(O[C@H](C)C(=O)O)cc3oc2=O)cc1. The molecule has 0 aliphatic carbocycles. The molecule has 0 spiro atoms. The second-order valence-corrected chi connectivity index (χ2v) is 5.47. The van der Waals surface area contributed by atoms with Gasteiger partial charge < -0.3 is 19.0 Å². The second-order valence-electron chi connectivity index (χ2n) is 5.47. The van der Waals surface area contributed by atoms with Gasteiger partial charge in [-0.05, 0) is 42.8 Å². The van der Waals surface area contributed by atoms with Gasteiger partial charge >= 0.3 is 11.6 Å². The summed E-state index contributed by atoms with van der Waals surface area (Å²) < 4.78 is 15.8. The molecule has 25 heavy (non-hydrogen) atoms. The normalized spacial score (nSPS) is 11.9. The molecule has 6 nitrogen and oxygen atoms in total. The Bertz CT molecular complexity index is 971. The highest BCUT2D eigenvalue weighted by molar-refractivity contribution is 5.83. The standard InChI is InChI=1S/C19H16O6/c1-11(18(20)21)24-15-8-5-13-9-16(19(22)25-17(13)10-15)12-3-6-14(23-2)7-4-12/h3-11H,1-2H3,(H,20,21)/t11-/m1/s1. The van der Waals surface area contributed by atoms with Crippen molar-refractivity contribution in [3.63, 3.8) is 0 Å². The Morgan fingerprint density at radius 1 is 1.08 bits per heavy atom. The number of benzene rings is 2. The van der Waals surface area contributed by atoms with Crippen LogP contribution in [-0.2, 0) is 4.79 Å². The number of aliphatic carboxylic acids is 1. The number of hydrogen-bond acceptors (Lipinski definition) is 5. The average molecular weight is 340 g/mol. The van der Waals surface area contributed by atoms with Crippen LogP contribution in [0.2, 0.25) is 0 Å². The first kappa shape index (κ1) is 16.6. The summed E-state index contributed by atoms with van der Waals surface area (Å²) in [6.45, 7) is 1.43. The zero-order chi connectivity index (χ0) is 18.0. The van der Waals surface area contributed by atoms with Crippen molar-refractivity contribution in [2.24, 2.45) is 0 Å². The molecule has 0 bridgehead atoms. The Morgan fingerprint density at radius 3 is 2.40 bits per heavy atom. The summed E-state index contributed by atoms with van der Waals surface area (Å²) in [5.41, 5.74) is 0.998. The lowest BCUT2D eigenvalue weighted by Gasteiger charge is -2.10. The number of carbonyl (C=O) groups is 1. The summed E-state index contributed by atoms with van der Waals surface area (Å²) in [5, 5.41) is 9.60.